The summed E-state index contributed by atoms with van der Waals surface area (Å²) in [6.07, 6.45) is 3.39. The van der Waals surface area contributed by atoms with Gasteiger partial charge in [-0.05, 0) is 30.2 Å². The Hall–Kier alpha value is -2.27. The number of amides is 1. The second kappa shape index (κ2) is 7.74. The molecule has 1 aromatic heterocycles. The van der Waals surface area contributed by atoms with E-state index in [1.807, 2.05) is 0 Å². The van der Waals surface area contributed by atoms with Crippen molar-refractivity contribution in [2.75, 3.05) is 27.2 Å². The standard InChI is InChI=1S/C20H27N3O2/c1-21(2)20(24)9-7-16-6-8-19-17(13-16)14-23(11-12-25-19)15-18-5-4-10-22(18)3/h4-6,8,10,13H,7,9,11-12,14-15H2,1-3H3. The zero-order chi connectivity index (χ0) is 17.8. The summed E-state index contributed by atoms with van der Waals surface area (Å²) in [5.74, 6) is 1.13. The molecule has 0 N–H and O–H groups in total. The van der Waals surface area contributed by atoms with Crippen molar-refractivity contribution in [1.29, 1.82) is 0 Å². The van der Waals surface area contributed by atoms with Gasteiger partial charge in [0, 0.05) is 64.7 Å². The van der Waals surface area contributed by atoms with Gasteiger partial charge in [-0.2, -0.15) is 0 Å². The zero-order valence-corrected chi connectivity index (χ0v) is 15.4. The summed E-state index contributed by atoms with van der Waals surface area (Å²) >= 11 is 0. The number of hydrogen-bond donors (Lipinski definition) is 0. The molecule has 0 aliphatic carbocycles. The maximum Gasteiger partial charge on any atom is 0.222 e. The number of carbonyl (C=O) groups excluding carboxylic acids is 1. The molecule has 0 unspecified atom stereocenters. The van der Waals surface area contributed by atoms with Crippen molar-refractivity contribution >= 4 is 5.91 Å². The summed E-state index contributed by atoms with van der Waals surface area (Å²) in [5, 5.41) is 0. The Labute approximate surface area is 149 Å². The van der Waals surface area contributed by atoms with Crippen LogP contribution < -0.4 is 4.74 Å². The lowest BCUT2D eigenvalue weighted by Crippen LogP contribution is -2.26. The Balaban J connectivity index is 1.69. The quantitative estimate of drug-likeness (QED) is 0.838. The van der Waals surface area contributed by atoms with E-state index in [0.29, 0.717) is 13.0 Å². The molecule has 0 fully saturated rings. The molecule has 134 valence electrons. The van der Waals surface area contributed by atoms with Gasteiger partial charge in [-0.15, -0.1) is 0 Å². The van der Waals surface area contributed by atoms with Crippen molar-refractivity contribution in [3.05, 3.63) is 53.3 Å². The van der Waals surface area contributed by atoms with Gasteiger partial charge in [0.25, 0.3) is 0 Å². The highest BCUT2D eigenvalue weighted by Crippen LogP contribution is 2.25. The first-order valence-corrected chi connectivity index (χ1v) is 8.80. The van der Waals surface area contributed by atoms with Crippen LogP contribution in [-0.2, 0) is 31.4 Å². The van der Waals surface area contributed by atoms with E-state index in [9.17, 15) is 4.79 Å². The number of rotatable bonds is 5. The van der Waals surface area contributed by atoms with Gasteiger partial charge in [0.15, 0.2) is 0 Å². The van der Waals surface area contributed by atoms with Crippen molar-refractivity contribution < 1.29 is 9.53 Å². The Morgan fingerprint density at radius 1 is 1.28 bits per heavy atom. The molecule has 0 saturated heterocycles. The second-order valence-electron chi connectivity index (χ2n) is 6.90. The van der Waals surface area contributed by atoms with E-state index in [0.717, 1.165) is 31.8 Å². The molecule has 0 saturated carbocycles. The molecular weight excluding hydrogens is 314 g/mol. The average Bonchev–Trinajstić information content (AvgIpc) is 2.87. The monoisotopic (exact) mass is 341 g/mol. The Morgan fingerprint density at radius 2 is 2.12 bits per heavy atom. The summed E-state index contributed by atoms with van der Waals surface area (Å²) in [4.78, 5) is 15.9. The maximum absolute atomic E-state index is 11.8. The molecule has 5 heteroatoms. The number of hydrogen-bond acceptors (Lipinski definition) is 3. The molecule has 0 bridgehead atoms. The van der Waals surface area contributed by atoms with E-state index in [1.54, 1.807) is 19.0 Å². The van der Waals surface area contributed by atoms with Crippen molar-refractivity contribution in [2.24, 2.45) is 7.05 Å². The fraction of sp³-hybridized carbons (Fsp3) is 0.450. The first-order valence-electron chi connectivity index (χ1n) is 8.80. The smallest absolute Gasteiger partial charge is 0.222 e. The van der Waals surface area contributed by atoms with Gasteiger partial charge in [-0.3, -0.25) is 9.69 Å². The third-order valence-electron chi connectivity index (χ3n) is 4.75. The number of benzene rings is 1. The van der Waals surface area contributed by atoms with E-state index in [2.05, 4.69) is 53.0 Å². The molecule has 3 rings (SSSR count). The van der Waals surface area contributed by atoms with Gasteiger partial charge in [0.2, 0.25) is 5.91 Å². The van der Waals surface area contributed by atoms with Gasteiger partial charge >= 0.3 is 0 Å². The van der Waals surface area contributed by atoms with E-state index in [4.69, 9.17) is 4.74 Å². The molecule has 2 aromatic rings. The molecule has 0 atom stereocenters. The van der Waals surface area contributed by atoms with Crippen LogP contribution in [0.1, 0.15) is 23.2 Å². The fourth-order valence-electron chi connectivity index (χ4n) is 3.16. The highest BCUT2D eigenvalue weighted by Gasteiger charge is 2.17. The molecule has 5 nitrogen and oxygen atoms in total. The Bertz CT molecular complexity index is 736. The van der Waals surface area contributed by atoms with E-state index >= 15 is 0 Å². The first kappa shape index (κ1) is 17.5. The van der Waals surface area contributed by atoms with E-state index < -0.39 is 0 Å². The molecule has 25 heavy (non-hydrogen) atoms. The summed E-state index contributed by atoms with van der Waals surface area (Å²) in [7, 11) is 5.68. The lowest BCUT2D eigenvalue weighted by atomic mass is 10.0. The van der Waals surface area contributed by atoms with Crippen LogP contribution in [0.3, 0.4) is 0 Å². The van der Waals surface area contributed by atoms with E-state index in [1.165, 1.54) is 16.8 Å². The van der Waals surface area contributed by atoms with Gasteiger partial charge < -0.3 is 14.2 Å². The van der Waals surface area contributed by atoms with Crippen molar-refractivity contribution in [2.45, 2.75) is 25.9 Å². The van der Waals surface area contributed by atoms with Crippen LogP contribution in [0, 0.1) is 0 Å². The molecule has 0 radical (unpaired) electrons. The van der Waals surface area contributed by atoms with Gasteiger partial charge in [-0.1, -0.05) is 12.1 Å². The molecule has 1 amide bonds. The lowest BCUT2D eigenvalue weighted by molar-refractivity contribution is -0.128. The lowest BCUT2D eigenvalue weighted by Gasteiger charge is -2.20. The zero-order valence-electron chi connectivity index (χ0n) is 15.4. The SMILES string of the molecule is CN(C)C(=O)CCc1ccc2c(c1)CN(Cc1cccn1C)CCO2. The van der Waals surface area contributed by atoms with E-state index in [-0.39, 0.29) is 5.91 Å². The molecule has 1 aliphatic heterocycles. The third-order valence-corrected chi connectivity index (χ3v) is 4.75. The maximum atomic E-state index is 11.8. The average molecular weight is 341 g/mol. The second-order valence-corrected chi connectivity index (χ2v) is 6.90. The minimum atomic E-state index is 0.163. The van der Waals surface area contributed by atoms with Crippen LogP contribution in [0.15, 0.2) is 36.5 Å². The largest absolute Gasteiger partial charge is 0.492 e. The van der Waals surface area contributed by atoms with Gasteiger partial charge in [0.1, 0.15) is 12.4 Å². The molecule has 0 spiro atoms. The molecule has 2 heterocycles. The minimum absolute atomic E-state index is 0.163. The molecule has 1 aromatic carbocycles. The summed E-state index contributed by atoms with van der Waals surface area (Å²) in [5.41, 5.74) is 3.70. The summed E-state index contributed by atoms with van der Waals surface area (Å²) in [6, 6.07) is 10.6. The summed E-state index contributed by atoms with van der Waals surface area (Å²) in [6.45, 7) is 3.40. The highest BCUT2D eigenvalue weighted by atomic mass is 16.5. The van der Waals surface area contributed by atoms with Crippen LogP contribution in [0.25, 0.3) is 0 Å². The van der Waals surface area contributed by atoms with Crippen LogP contribution in [0.4, 0.5) is 0 Å². The molecule has 1 aliphatic rings. The van der Waals surface area contributed by atoms with Crippen LogP contribution in [0.5, 0.6) is 5.75 Å². The van der Waals surface area contributed by atoms with Gasteiger partial charge in [-0.25, -0.2) is 0 Å². The third kappa shape index (κ3) is 4.42. The number of fused-ring (bicyclic) bond motifs is 1. The van der Waals surface area contributed by atoms with Crippen molar-refractivity contribution in [3.8, 4) is 5.75 Å². The van der Waals surface area contributed by atoms with Gasteiger partial charge in [0.05, 0.1) is 0 Å². The number of ether oxygens (including phenoxy) is 1. The number of carbonyl (C=O) groups is 1. The Morgan fingerprint density at radius 3 is 2.84 bits per heavy atom. The van der Waals surface area contributed by atoms with Crippen LogP contribution >= 0.6 is 0 Å². The summed E-state index contributed by atoms with van der Waals surface area (Å²) < 4.78 is 8.09. The fourth-order valence-corrected chi connectivity index (χ4v) is 3.16. The van der Waals surface area contributed by atoms with Crippen molar-refractivity contribution in [3.63, 3.8) is 0 Å². The number of aryl methyl sites for hydroxylation is 2. The first-order chi connectivity index (χ1) is 12.0. The Kier molecular flexibility index (Phi) is 5.43. The minimum Gasteiger partial charge on any atom is -0.492 e. The molecular formula is C20H27N3O2. The number of aromatic nitrogens is 1. The normalized spacial score (nSPS) is 14.5. The van der Waals surface area contributed by atoms with Crippen LogP contribution in [-0.4, -0.2) is 47.5 Å². The topological polar surface area (TPSA) is 37.7 Å². The predicted octanol–water partition coefficient (Wildman–Crippen LogP) is 2.44. The predicted molar refractivity (Wildman–Crippen MR) is 98.5 cm³/mol. The van der Waals surface area contributed by atoms with Crippen molar-refractivity contribution in [1.82, 2.24) is 14.4 Å². The van der Waals surface area contributed by atoms with Crippen LogP contribution in [0.2, 0.25) is 0 Å². The number of nitrogens with zero attached hydrogens (tertiary/aromatic N) is 3. The highest BCUT2D eigenvalue weighted by molar-refractivity contribution is 5.75.